The van der Waals surface area contributed by atoms with Gasteiger partial charge in [-0.2, -0.15) is 0 Å². The minimum absolute atomic E-state index is 0.0107. The lowest BCUT2D eigenvalue weighted by molar-refractivity contribution is -0.252. The summed E-state index contributed by atoms with van der Waals surface area (Å²) in [5.74, 6) is -0.657. The number of fused-ring (bicyclic) bond motifs is 1. The Bertz CT molecular complexity index is 1170. The number of hydrogen-bond donors (Lipinski definition) is 1. The van der Waals surface area contributed by atoms with Gasteiger partial charge in [-0.1, -0.05) is 32.5 Å². The van der Waals surface area contributed by atoms with Crippen LogP contribution in [0.3, 0.4) is 0 Å². The van der Waals surface area contributed by atoms with E-state index in [4.69, 9.17) is 23.3 Å². The van der Waals surface area contributed by atoms with Crippen molar-refractivity contribution >= 4 is 25.1 Å². The highest BCUT2D eigenvalue weighted by Gasteiger charge is 2.72. The van der Waals surface area contributed by atoms with Crippen molar-refractivity contribution in [2.45, 2.75) is 89.1 Å². The smallest absolute Gasteiger partial charge is 0.330 e. The van der Waals surface area contributed by atoms with Crippen LogP contribution in [0.1, 0.15) is 66.0 Å². The molecular formula is C24H36FN2O9PS. The Hall–Kier alpha value is -1.34. The zero-order chi connectivity index (χ0) is 27.8. The summed E-state index contributed by atoms with van der Waals surface area (Å²) < 4.78 is 58.0. The van der Waals surface area contributed by atoms with Gasteiger partial charge in [0.1, 0.15) is 18.4 Å². The number of ether oxygens (including phenoxy) is 3. The molecule has 214 valence electrons. The third kappa shape index (κ3) is 5.61. The molecule has 14 heteroatoms. The summed E-state index contributed by atoms with van der Waals surface area (Å²) in [6.07, 6.45) is 2.74. The number of rotatable bonds is 11. The Morgan fingerprint density at radius 1 is 1.29 bits per heavy atom. The number of carbonyl (C=O) groups is 1. The molecule has 0 radical (unpaired) electrons. The number of thioether (sulfide) groups is 1. The molecule has 1 aromatic heterocycles. The highest BCUT2D eigenvalue weighted by molar-refractivity contribution is 8.13. The number of halogens is 1. The summed E-state index contributed by atoms with van der Waals surface area (Å²) in [6, 6.07) is 1.16. The fourth-order valence-corrected chi connectivity index (χ4v) is 6.92. The van der Waals surface area contributed by atoms with Gasteiger partial charge in [0.05, 0.1) is 13.2 Å². The van der Waals surface area contributed by atoms with Crippen LogP contribution in [0, 0.1) is 5.41 Å². The van der Waals surface area contributed by atoms with Crippen LogP contribution in [0.2, 0.25) is 0 Å². The fraction of sp³-hybridized carbons (Fsp3) is 0.792. The Morgan fingerprint density at radius 2 is 2.00 bits per heavy atom. The van der Waals surface area contributed by atoms with Gasteiger partial charge in [-0.25, -0.2) is 9.18 Å². The average molecular weight is 579 g/mol. The van der Waals surface area contributed by atoms with Crippen molar-refractivity contribution in [1.82, 2.24) is 9.55 Å². The van der Waals surface area contributed by atoms with Crippen LogP contribution < -0.4 is 11.2 Å². The topological polar surface area (TPSA) is 135 Å². The Kier molecular flexibility index (Phi) is 8.79. The minimum Gasteiger partial charge on any atom is -0.340 e. The van der Waals surface area contributed by atoms with E-state index in [0.717, 1.165) is 35.2 Å². The predicted molar refractivity (Wildman–Crippen MR) is 138 cm³/mol. The van der Waals surface area contributed by atoms with Crippen LogP contribution >= 0.6 is 20.0 Å². The fourth-order valence-electron chi connectivity index (χ4n) is 5.17. The molecule has 4 rings (SSSR count). The third-order valence-corrected chi connectivity index (χ3v) is 9.68. The van der Waals surface area contributed by atoms with Gasteiger partial charge in [0.15, 0.2) is 22.7 Å². The monoisotopic (exact) mass is 578 g/mol. The first-order valence-corrected chi connectivity index (χ1v) is 15.0. The van der Waals surface area contributed by atoms with Gasteiger partial charge in [-0.05, 0) is 26.2 Å². The van der Waals surface area contributed by atoms with Crippen LogP contribution in [-0.2, 0) is 32.6 Å². The van der Waals surface area contributed by atoms with E-state index >= 15 is 0 Å². The standard InChI is InChI=1S/C24H36FN2O9PS/c1-5-21(2,3)19(29)38-13-12-32-37(31)33-15-23(14-25)17-22(4,36-24(34-17)9-6-7-10-24)18(35-23)27-11-8-16(28)26-20(27)30/h8,11,17-18,37H,5-7,9-10,12-15H2,1-4H3,(H,26,28,30)/t17-,18+,22+,23+/m0/s1. The van der Waals surface area contributed by atoms with Gasteiger partial charge in [0.2, 0.25) is 0 Å². The summed E-state index contributed by atoms with van der Waals surface area (Å²) in [7, 11) is -3.07. The first-order chi connectivity index (χ1) is 17.9. The molecule has 2 saturated heterocycles. The SMILES string of the molecule is CCC(C)(C)C(=O)SCCO[PH](=O)OC[C@@]1(CF)O[C@@H](n2ccc(=O)[nH]c2=O)[C@]2(C)OC3(CCCC3)O[C@H]12. The molecule has 1 N–H and O–H groups in total. The van der Waals surface area contributed by atoms with Crippen LogP contribution in [0.4, 0.5) is 4.39 Å². The molecule has 0 bridgehead atoms. The molecule has 3 fully saturated rings. The van der Waals surface area contributed by atoms with E-state index < -0.39 is 67.5 Å². The second-order valence-electron chi connectivity index (χ2n) is 10.8. The Labute approximate surface area is 225 Å². The van der Waals surface area contributed by atoms with Gasteiger partial charge < -0.3 is 23.3 Å². The molecule has 1 spiro atoms. The van der Waals surface area contributed by atoms with Crippen molar-refractivity contribution in [3.63, 3.8) is 0 Å². The number of H-pyrrole nitrogens is 1. The van der Waals surface area contributed by atoms with Crippen molar-refractivity contribution in [1.29, 1.82) is 0 Å². The van der Waals surface area contributed by atoms with Crippen molar-refractivity contribution < 1.29 is 37.0 Å². The largest absolute Gasteiger partial charge is 0.340 e. The first kappa shape index (κ1) is 29.6. The van der Waals surface area contributed by atoms with Gasteiger partial charge in [0, 0.05) is 36.3 Å². The number of aromatic amines is 1. The maximum atomic E-state index is 14.8. The molecule has 3 heterocycles. The normalized spacial score (nSPS) is 31.1. The molecule has 3 aliphatic rings. The van der Waals surface area contributed by atoms with E-state index in [0.29, 0.717) is 25.0 Å². The lowest BCUT2D eigenvalue weighted by Crippen LogP contribution is -2.51. The zero-order valence-corrected chi connectivity index (χ0v) is 23.9. The van der Waals surface area contributed by atoms with Crippen LogP contribution in [0.15, 0.2) is 21.9 Å². The molecule has 5 atom stereocenters. The summed E-state index contributed by atoms with van der Waals surface area (Å²) in [4.78, 5) is 38.7. The van der Waals surface area contributed by atoms with Crippen LogP contribution in [0.25, 0.3) is 0 Å². The quantitative estimate of drug-likeness (QED) is 0.308. The second kappa shape index (κ2) is 11.3. The number of nitrogens with one attached hydrogen (secondary N) is 1. The maximum absolute atomic E-state index is 14.8. The molecule has 38 heavy (non-hydrogen) atoms. The summed E-state index contributed by atoms with van der Waals surface area (Å²) in [5.41, 5.74) is -4.85. The average Bonchev–Trinajstić information content (AvgIpc) is 3.52. The Morgan fingerprint density at radius 3 is 2.63 bits per heavy atom. The van der Waals surface area contributed by atoms with E-state index in [1.165, 1.54) is 6.20 Å². The van der Waals surface area contributed by atoms with E-state index in [-0.39, 0.29) is 11.7 Å². The van der Waals surface area contributed by atoms with E-state index in [1.54, 1.807) is 6.92 Å². The molecule has 11 nitrogen and oxygen atoms in total. The minimum atomic E-state index is -3.07. The number of alkyl halides is 1. The molecule has 1 unspecified atom stereocenters. The lowest BCUT2D eigenvalue weighted by atomic mass is 9.88. The van der Waals surface area contributed by atoms with E-state index in [2.05, 4.69) is 4.98 Å². The van der Waals surface area contributed by atoms with Crippen molar-refractivity contribution in [3.8, 4) is 0 Å². The lowest BCUT2D eigenvalue weighted by Gasteiger charge is -2.33. The Balaban J connectivity index is 1.47. The summed E-state index contributed by atoms with van der Waals surface area (Å²) >= 11 is 1.10. The molecule has 1 saturated carbocycles. The molecule has 1 aromatic rings. The second-order valence-corrected chi connectivity index (χ2v) is 13.0. The van der Waals surface area contributed by atoms with Gasteiger partial charge >= 0.3 is 13.9 Å². The molecule has 1 aliphatic carbocycles. The van der Waals surface area contributed by atoms with Crippen molar-refractivity contribution in [2.24, 2.45) is 5.41 Å². The third-order valence-electron chi connectivity index (χ3n) is 7.68. The summed E-state index contributed by atoms with van der Waals surface area (Å²) in [5, 5.41) is 0.0157. The highest BCUT2D eigenvalue weighted by Crippen LogP contribution is 2.58. The van der Waals surface area contributed by atoms with Crippen molar-refractivity contribution in [2.75, 3.05) is 25.6 Å². The van der Waals surface area contributed by atoms with E-state index in [1.807, 2.05) is 20.8 Å². The van der Waals surface area contributed by atoms with Gasteiger partial charge in [-0.15, -0.1) is 0 Å². The maximum Gasteiger partial charge on any atom is 0.330 e. The first-order valence-electron chi connectivity index (χ1n) is 12.8. The number of aromatic nitrogens is 2. The van der Waals surface area contributed by atoms with Gasteiger partial charge in [-0.3, -0.25) is 23.7 Å². The number of carbonyl (C=O) groups excluding carboxylic acids is 1. The van der Waals surface area contributed by atoms with E-state index in [9.17, 15) is 23.3 Å². The molecule has 0 amide bonds. The van der Waals surface area contributed by atoms with Gasteiger partial charge in [0.25, 0.3) is 5.56 Å². The number of hydrogen-bond acceptors (Lipinski definition) is 10. The predicted octanol–water partition coefficient (Wildman–Crippen LogP) is 3.34. The molecule has 2 aliphatic heterocycles. The molecular weight excluding hydrogens is 542 g/mol. The van der Waals surface area contributed by atoms with Crippen molar-refractivity contribution in [3.05, 3.63) is 33.1 Å². The van der Waals surface area contributed by atoms with Crippen LogP contribution in [-0.4, -0.2) is 63.4 Å². The zero-order valence-electron chi connectivity index (χ0n) is 22.1. The summed E-state index contributed by atoms with van der Waals surface area (Å²) in [6.45, 7) is 5.79. The number of nitrogens with zero attached hydrogens (tertiary/aromatic N) is 1. The highest BCUT2D eigenvalue weighted by atomic mass is 32.2. The van der Waals surface area contributed by atoms with Crippen LogP contribution in [0.5, 0.6) is 0 Å². The molecule has 0 aromatic carbocycles.